The molecule has 0 atom stereocenters. The summed E-state index contributed by atoms with van der Waals surface area (Å²) in [6.45, 7) is -0.0897. The molecule has 30 heavy (non-hydrogen) atoms. The predicted molar refractivity (Wildman–Crippen MR) is 106 cm³/mol. The van der Waals surface area contributed by atoms with Gasteiger partial charge in [0.05, 0.1) is 32.7 Å². The first-order valence-electron chi connectivity index (χ1n) is 8.18. The van der Waals surface area contributed by atoms with E-state index < -0.39 is 22.6 Å². The number of ether oxygens (including phenoxy) is 2. The molecule has 0 saturated carbocycles. The zero-order valence-electron chi connectivity index (χ0n) is 14.6. The molecule has 2 aromatic carbocycles. The minimum Gasteiger partial charge on any atom is -0.454 e. The number of nitro groups is 1. The number of carbonyl (C=O) groups is 1. The van der Waals surface area contributed by atoms with E-state index in [1.807, 2.05) is 0 Å². The number of amides is 1. The Balaban J connectivity index is 1.72. The van der Waals surface area contributed by atoms with Crippen LogP contribution in [0.15, 0.2) is 41.3 Å². The van der Waals surface area contributed by atoms with Gasteiger partial charge in [-0.15, -0.1) is 0 Å². The summed E-state index contributed by atoms with van der Waals surface area (Å²) in [6, 6.07) is 6.73. The lowest BCUT2D eigenvalue weighted by Crippen LogP contribution is -2.27. The molecule has 0 N–H and O–H groups in total. The highest BCUT2D eigenvalue weighted by molar-refractivity contribution is 8.27. The average Bonchev–Trinajstić information content (AvgIpc) is 3.24. The number of hydrogen-bond acceptors (Lipinski definition) is 7. The van der Waals surface area contributed by atoms with Gasteiger partial charge in [0, 0.05) is 0 Å². The van der Waals surface area contributed by atoms with E-state index >= 15 is 0 Å². The molecule has 0 aromatic heterocycles. The Kier molecular flexibility index (Phi) is 4.90. The molecular weight excluding hydrogens is 445 g/mol. The fraction of sp³-hybridized carbons (Fsp3) is 0.111. The Hall–Kier alpha value is -3.12. The van der Waals surface area contributed by atoms with Crippen LogP contribution in [0.5, 0.6) is 11.5 Å². The number of thiocarbonyl (C=S) groups is 1. The molecular formula is C18H9F3N2O5S2. The fourth-order valence-electron chi connectivity index (χ4n) is 2.87. The van der Waals surface area contributed by atoms with Gasteiger partial charge in [0.15, 0.2) is 15.8 Å². The van der Waals surface area contributed by atoms with Crippen LogP contribution in [0.1, 0.15) is 11.1 Å². The van der Waals surface area contributed by atoms with Crippen molar-refractivity contribution in [2.75, 3.05) is 11.7 Å². The number of benzene rings is 2. The van der Waals surface area contributed by atoms with E-state index in [9.17, 15) is 28.1 Å². The Morgan fingerprint density at radius 1 is 1.20 bits per heavy atom. The van der Waals surface area contributed by atoms with E-state index in [1.165, 1.54) is 30.3 Å². The molecule has 4 rings (SSSR count). The van der Waals surface area contributed by atoms with Gasteiger partial charge in [-0.2, -0.15) is 13.2 Å². The van der Waals surface area contributed by atoms with Crippen LogP contribution < -0.4 is 14.4 Å². The molecule has 2 aromatic rings. The summed E-state index contributed by atoms with van der Waals surface area (Å²) in [5.41, 5.74) is -1.21. The second-order valence-electron chi connectivity index (χ2n) is 6.09. The standard InChI is InChI=1S/C18H9F3N2O5S2/c19-18(20,21)10-2-1-3-11(6-10)22-16(24)15(30-17(22)29)5-9-4-13-14(28-8-27-13)7-12(9)23(25)26/h1-7H,8H2/b15-5+. The molecule has 1 fully saturated rings. The van der Waals surface area contributed by atoms with Crippen LogP contribution in [0.25, 0.3) is 6.08 Å². The van der Waals surface area contributed by atoms with Crippen molar-refractivity contribution in [3.8, 4) is 11.5 Å². The van der Waals surface area contributed by atoms with Crippen LogP contribution in [0, 0.1) is 10.1 Å². The molecule has 2 aliphatic heterocycles. The number of nitro benzene ring substituents is 1. The summed E-state index contributed by atoms with van der Waals surface area (Å²) in [5, 5.41) is 11.4. The zero-order valence-corrected chi connectivity index (χ0v) is 16.3. The monoisotopic (exact) mass is 454 g/mol. The third kappa shape index (κ3) is 3.59. The number of carbonyl (C=O) groups excluding carboxylic acids is 1. The third-order valence-electron chi connectivity index (χ3n) is 4.23. The van der Waals surface area contributed by atoms with E-state index in [1.54, 1.807) is 0 Å². The lowest BCUT2D eigenvalue weighted by Gasteiger charge is -2.16. The van der Waals surface area contributed by atoms with Gasteiger partial charge < -0.3 is 9.47 Å². The molecule has 1 amide bonds. The highest BCUT2D eigenvalue weighted by atomic mass is 32.2. The quantitative estimate of drug-likeness (QED) is 0.287. The summed E-state index contributed by atoms with van der Waals surface area (Å²) in [5.74, 6) is -0.202. The molecule has 0 unspecified atom stereocenters. The molecule has 7 nitrogen and oxygen atoms in total. The van der Waals surface area contributed by atoms with Crippen LogP contribution in [0.3, 0.4) is 0 Å². The van der Waals surface area contributed by atoms with Crippen LogP contribution in [-0.2, 0) is 11.0 Å². The van der Waals surface area contributed by atoms with E-state index in [0.29, 0.717) is 0 Å². The zero-order chi connectivity index (χ0) is 21.6. The summed E-state index contributed by atoms with van der Waals surface area (Å²) in [6.07, 6.45) is -3.33. The van der Waals surface area contributed by atoms with Crippen LogP contribution in [-0.4, -0.2) is 21.9 Å². The van der Waals surface area contributed by atoms with E-state index in [0.717, 1.165) is 28.8 Å². The smallest absolute Gasteiger partial charge is 0.416 e. The van der Waals surface area contributed by atoms with E-state index in [2.05, 4.69) is 0 Å². The number of nitrogens with zero attached hydrogens (tertiary/aromatic N) is 2. The summed E-state index contributed by atoms with van der Waals surface area (Å²) in [4.78, 5) is 24.6. The van der Waals surface area contributed by atoms with Crippen molar-refractivity contribution < 1.29 is 32.4 Å². The Labute approximate surface area is 176 Å². The lowest BCUT2D eigenvalue weighted by molar-refractivity contribution is -0.385. The second kappa shape index (κ2) is 7.29. The van der Waals surface area contributed by atoms with Gasteiger partial charge in [0.1, 0.15) is 0 Å². The first-order chi connectivity index (χ1) is 14.1. The molecule has 0 bridgehead atoms. The Morgan fingerprint density at radius 3 is 2.57 bits per heavy atom. The highest BCUT2D eigenvalue weighted by Crippen LogP contribution is 2.42. The molecule has 2 aliphatic rings. The van der Waals surface area contributed by atoms with Gasteiger partial charge in [-0.25, -0.2) is 0 Å². The van der Waals surface area contributed by atoms with E-state index in [-0.39, 0.29) is 44.5 Å². The first-order valence-corrected chi connectivity index (χ1v) is 9.41. The van der Waals surface area contributed by atoms with Gasteiger partial charge in [0.2, 0.25) is 6.79 Å². The van der Waals surface area contributed by atoms with Gasteiger partial charge in [0.25, 0.3) is 11.6 Å². The summed E-state index contributed by atoms with van der Waals surface area (Å²) < 4.78 is 49.4. The number of thioether (sulfide) groups is 1. The maximum Gasteiger partial charge on any atom is 0.416 e. The van der Waals surface area contributed by atoms with E-state index in [4.69, 9.17) is 21.7 Å². The van der Waals surface area contributed by atoms with Gasteiger partial charge in [-0.1, -0.05) is 30.0 Å². The topological polar surface area (TPSA) is 81.9 Å². The highest BCUT2D eigenvalue weighted by Gasteiger charge is 2.36. The number of halogens is 3. The lowest BCUT2D eigenvalue weighted by atomic mass is 10.1. The normalized spacial score (nSPS) is 17.2. The predicted octanol–water partition coefficient (Wildman–Crippen LogP) is 4.75. The minimum absolute atomic E-state index is 0.00831. The van der Waals surface area contributed by atoms with Crippen LogP contribution >= 0.6 is 24.0 Å². The fourth-order valence-corrected chi connectivity index (χ4v) is 4.16. The van der Waals surface area contributed by atoms with Crippen molar-refractivity contribution in [3.05, 3.63) is 62.5 Å². The van der Waals surface area contributed by atoms with Crippen molar-refractivity contribution in [3.63, 3.8) is 0 Å². The maximum atomic E-state index is 13.0. The van der Waals surface area contributed by atoms with Gasteiger partial charge in [-0.05, 0) is 30.3 Å². The first kappa shape index (κ1) is 20.2. The molecule has 154 valence electrons. The summed E-state index contributed by atoms with van der Waals surface area (Å²) in [7, 11) is 0. The summed E-state index contributed by atoms with van der Waals surface area (Å²) >= 11 is 5.99. The number of anilines is 1. The number of hydrogen-bond donors (Lipinski definition) is 0. The number of rotatable bonds is 3. The number of fused-ring (bicyclic) bond motifs is 1. The molecule has 12 heteroatoms. The maximum absolute atomic E-state index is 13.0. The molecule has 0 radical (unpaired) electrons. The SMILES string of the molecule is O=C1/C(=C\c2cc3c(cc2[N+](=O)[O-])OCO3)SC(=S)N1c1cccc(C(F)(F)F)c1. The second-order valence-corrected chi connectivity index (χ2v) is 7.76. The van der Waals surface area contributed by atoms with Crippen molar-refractivity contribution in [1.82, 2.24) is 0 Å². The van der Waals surface area contributed by atoms with Crippen molar-refractivity contribution in [1.29, 1.82) is 0 Å². The van der Waals surface area contributed by atoms with Crippen molar-refractivity contribution >= 4 is 51.7 Å². The molecule has 0 spiro atoms. The van der Waals surface area contributed by atoms with Crippen molar-refractivity contribution in [2.24, 2.45) is 0 Å². The van der Waals surface area contributed by atoms with Crippen LogP contribution in [0.4, 0.5) is 24.5 Å². The largest absolute Gasteiger partial charge is 0.454 e. The van der Waals surface area contributed by atoms with Crippen LogP contribution in [0.2, 0.25) is 0 Å². The van der Waals surface area contributed by atoms with Gasteiger partial charge >= 0.3 is 6.18 Å². The minimum atomic E-state index is -4.58. The Morgan fingerprint density at radius 2 is 1.90 bits per heavy atom. The number of alkyl halides is 3. The Bertz CT molecular complexity index is 1130. The molecule has 2 heterocycles. The van der Waals surface area contributed by atoms with Gasteiger partial charge in [-0.3, -0.25) is 19.8 Å². The molecule has 1 saturated heterocycles. The molecule has 0 aliphatic carbocycles. The van der Waals surface area contributed by atoms with Crippen molar-refractivity contribution in [2.45, 2.75) is 6.18 Å². The average molecular weight is 454 g/mol. The third-order valence-corrected chi connectivity index (χ3v) is 5.53.